The highest BCUT2D eigenvalue weighted by atomic mass is 35.5. The maximum absolute atomic E-state index is 12.4. The first-order valence-electron chi connectivity index (χ1n) is 8.31. The van der Waals surface area contributed by atoms with Crippen LogP contribution < -0.4 is 14.8 Å². The number of carbonyl (C=O) groups is 1. The van der Waals surface area contributed by atoms with Crippen LogP contribution in [0.2, 0.25) is 5.02 Å². The third-order valence-electron chi connectivity index (χ3n) is 3.97. The number of rotatable bonds is 7. The number of thiazole rings is 1. The Morgan fingerprint density at radius 1 is 1.15 bits per heavy atom. The maximum Gasteiger partial charge on any atom is 0.255 e. The average Bonchev–Trinajstić information content (AvgIpc) is 3.17. The van der Waals surface area contributed by atoms with Gasteiger partial charge in [0.15, 0.2) is 0 Å². The lowest BCUT2D eigenvalue weighted by Crippen LogP contribution is -2.26. The Labute approximate surface area is 166 Å². The van der Waals surface area contributed by atoms with Crippen LogP contribution in [-0.4, -0.2) is 31.7 Å². The van der Waals surface area contributed by atoms with Crippen LogP contribution in [0.25, 0.3) is 11.3 Å². The molecular formula is C20H19ClN2O3S. The van der Waals surface area contributed by atoms with Crippen LogP contribution >= 0.6 is 22.9 Å². The molecule has 0 aliphatic rings. The number of benzene rings is 2. The third-order valence-corrected chi connectivity index (χ3v) is 5.11. The molecule has 0 saturated heterocycles. The molecule has 2 aromatic carbocycles. The molecule has 0 saturated carbocycles. The van der Waals surface area contributed by atoms with E-state index >= 15 is 0 Å². The Balaban J connectivity index is 1.59. The highest BCUT2D eigenvalue weighted by Gasteiger charge is 2.13. The standard InChI is InChI=1S/C20H19ClN2O3S/c1-25-15-6-3-13(4-7-15)17-12-27-19(23-17)9-10-22-20(24)16-11-14(21)5-8-18(16)26-2/h3-8,11-12H,9-10H2,1-2H3,(H,22,24). The van der Waals surface area contributed by atoms with E-state index in [0.717, 1.165) is 22.0 Å². The molecule has 1 aromatic heterocycles. The van der Waals surface area contributed by atoms with Crippen molar-refractivity contribution in [2.24, 2.45) is 0 Å². The maximum atomic E-state index is 12.4. The zero-order valence-electron chi connectivity index (χ0n) is 15.0. The number of amides is 1. The Hall–Kier alpha value is -2.57. The molecule has 1 amide bonds. The number of hydrogen-bond acceptors (Lipinski definition) is 5. The topological polar surface area (TPSA) is 60.5 Å². The van der Waals surface area contributed by atoms with Gasteiger partial charge in [-0.15, -0.1) is 11.3 Å². The summed E-state index contributed by atoms with van der Waals surface area (Å²) >= 11 is 7.55. The van der Waals surface area contributed by atoms with Crippen LogP contribution in [0.1, 0.15) is 15.4 Å². The molecule has 5 nitrogen and oxygen atoms in total. The van der Waals surface area contributed by atoms with Gasteiger partial charge >= 0.3 is 0 Å². The summed E-state index contributed by atoms with van der Waals surface area (Å²) in [5.41, 5.74) is 2.37. The third kappa shape index (κ3) is 4.78. The second-order valence-electron chi connectivity index (χ2n) is 5.71. The fraction of sp³-hybridized carbons (Fsp3) is 0.200. The van der Waals surface area contributed by atoms with Gasteiger partial charge in [0.05, 0.1) is 30.5 Å². The summed E-state index contributed by atoms with van der Waals surface area (Å²) in [6.45, 7) is 0.476. The molecule has 0 aliphatic heterocycles. The average molecular weight is 403 g/mol. The molecule has 1 heterocycles. The number of hydrogen-bond donors (Lipinski definition) is 1. The fourth-order valence-corrected chi connectivity index (χ4v) is 3.54. The summed E-state index contributed by atoms with van der Waals surface area (Å²) in [6.07, 6.45) is 0.648. The summed E-state index contributed by atoms with van der Waals surface area (Å²) in [7, 11) is 3.17. The summed E-state index contributed by atoms with van der Waals surface area (Å²) in [5.74, 6) is 1.09. The SMILES string of the molecule is COc1ccc(-c2csc(CCNC(=O)c3cc(Cl)ccc3OC)n2)cc1. The van der Waals surface area contributed by atoms with Gasteiger partial charge in [0, 0.05) is 28.9 Å². The Kier molecular flexibility index (Phi) is 6.32. The minimum absolute atomic E-state index is 0.221. The van der Waals surface area contributed by atoms with E-state index in [1.807, 2.05) is 29.6 Å². The van der Waals surface area contributed by atoms with Crippen LogP contribution in [0, 0.1) is 0 Å². The van der Waals surface area contributed by atoms with Gasteiger partial charge in [0.2, 0.25) is 0 Å². The monoisotopic (exact) mass is 402 g/mol. The van der Waals surface area contributed by atoms with E-state index in [1.54, 1.807) is 36.6 Å². The smallest absolute Gasteiger partial charge is 0.255 e. The fourth-order valence-electron chi connectivity index (χ4n) is 2.56. The van der Waals surface area contributed by atoms with Gasteiger partial charge in [-0.2, -0.15) is 0 Å². The van der Waals surface area contributed by atoms with Gasteiger partial charge in [-0.3, -0.25) is 4.79 Å². The summed E-state index contributed by atoms with van der Waals surface area (Å²) in [6, 6.07) is 12.7. The van der Waals surface area contributed by atoms with Crippen LogP contribution in [0.3, 0.4) is 0 Å². The number of nitrogens with zero attached hydrogens (tertiary/aromatic N) is 1. The van der Waals surface area contributed by atoms with E-state index in [9.17, 15) is 4.79 Å². The molecule has 0 radical (unpaired) electrons. The summed E-state index contributed by atoms with van der Waals surface area (Å²) in [5, 5.41) is 6.35. The van der Waals surface area contributed by atoms with Crippen molar-refractivity contribution >= 4 is 28.8 Å². The molecule has 0 fully saturated rings. The van der Waals surface area contributed by atoms with E-state index in [4.69, 9.17) is 21.1 Å². The number of methoxy groups -OCH3 is 2. The quantitative estimate of drug-likeness (QED) is 0.634. The van der Waals surface area contributed by atoms with E-state index in [0.29, 0.717) is 29.3 Å². The predicted octanol–water partition coefficient (Wildman–Crippen LogP) is 4.45. The van der Waals surface area contributed by atoms with E-state index in [2.05, 4.69) is 10.3 Å². The molecular weight excluding hydrogens is 384 g/mol. The van der Waals surface area contributed by atoms with Crippen molar-refractivity contribution in [3.63, 3.8) is 0 Å². The lowest BCUT2D eigenvalue weighted by molar-refractivity contribution is 0.0951. The van der Waals surface area contributed by atoms with Crippen molar-refractivity contribution in [2.75, 3.05) is 20.8 Å². The first-order chi connectivity index (χ1) is 13.1. The van der Waals surface area contributed by atoms with Crippen molar-refractivity contribution in [2.45, 2.75) is 6.42 Å². The van der Waals surface area contributed by atoms with Gasteiger partial charge in [0.1, 0.15) is 11.5 Å². The minimum atomic E-state index is -0.221. The van der Waals surface area contributed by atoms with Crippen molar-refractivity contribution in [3.8, 4) is 22.8 Å². The Morgan fingerprint density at radius 3 is 2.63 bits per heavy atom. The Morgan fingerprint density at radius 2 is 1.93 bits per heavy atom. The normalized spacial score (nSPS) is 10.5. The second kappa shape index (κ2) is 8.88. The Bertz CT molecular complexity index is 925. The predicted molar refractivity (Wildman–Crippen MR) is 108 cm³/mol. The highest BCUT2D eigenvalue weighted by Crippen LogP contribution is 2.25. The lowest BCUT2D eigenvalue weighted by atomic mass is 10.2. The summed E-state index contributed by atoms with van der Waals surface area (Å²) < 4.78 is 10.4. The highest BCUT2D eigenvalue weighted by molar-refractivity contribution is 7.09. The molecule has 3 rings (SSSR count). The second-order valence-corrected chi connectivity index (χ2v) is 7.08. The van der Waals surface area contributed by atoms with Crippen LogP contribution in [0.4, 0.5) is 0 Å². The van der Waals surface area contributed by atoms with Gasteiger partial charge in [0.25, 0.3) is 5.91 Å². The molecule has 3 aromatic rings. The molecule has 140 valence electrons. The van der Waals surface area contributed by atoms with Crippen molar-refractivity contribution in [1.29, 1.82) is 0 Å². The van der Waals surface area contributed by atoms with Crippen LogP contribution in [-0.2, 0) is 6.42 Å². The number of halogens is 1. The van der Waals surface area contributed by atoms with Gasteiger partial charge < -0.3 is 14.8 Å². The number of aromatic nitrogens is 1. The van der Waals surface area contributed by atoms with Crippen molar-refractivity contribution in [1.82, 2.24) is 10.3 Å². The molecule has 0 unspecified atom stereocenters. The zero-order chi connectivity index (χ0) is 19.2. The molecule has 0 atom stereocenters. The molecule has 0 spiro atoms. The molecule has 1 N–H and O–H groups in total. The molecule has 7 heteroatoms. The van der Waals surface area contributed by atoms with Crippen molar-refractivity contribution < 1.29 is 14.3 Å². The van der Waals surface area contributed by atoms with Gasteiger partial charge in [-0.1, -0.05) is 11.6 Å². The molecule has 0 aliphatic carbocycles. The number of carbonyl (C=O) groups excluding carboxylic acids is 1. The van der Waals surface area contributed by atoms with E-state index < -0.39 is 0 Å². The van der Waals surface area contributed by atoms with Crippen LogP contribution in [0.5, 0.6) is 11.5 Å². The first-order valence-corrected chi connectivity index (χ1v) is 9.57. The largest absolute Gasteiger partial charge is 0.497 e. The number of nitrogens with one attached hydrogen (secondary N) is 1. The molecule has 27 heavy (non-hydrogen) atoms. The van der Waals surface area contributed by atoms with E-state index in [-0.39, 0.29) is 5.91 Å². The lowest BCUT2D eigenvalue weighted by Gasteiger charge is -2.09. The summed E-state index contributed by atoms with van der Waals surface area (Å²) in [4.78, 5) is 17.0. The van der Waals surface area contributed by atoms with Gasteiger partial charge in [-0.05, 0) is 42.5 Å². The minimum Gasteiger partial charge on any atom is -0.497 e. The van der Waals surface area contributed by atoms with E-state index in [1.165, 1.54) is 7.11 Å². The number of ether oxygens (including phenoxy) is 2. The van der Waals surface area contributed by atoms with Crippen LogP contribution in [0.15, 0.2) is 47.8 Å². The van der Waals surface area contributed by atoms with Gasteiger partial charge in [-0.25, -0.2) is 4.98 Å². The zero-order valence-corrected chi connectivity index (χ0v) is 16.6. The first kappa shape index (κ1) is 19.2. The van der Waals surface area contributed by atoms with Crippen molar-refractivity contribution in [3.05, 3.63) is 63.4 Å². The molecule has 0 bridgehead atoms.